The molecule has 0 aliphatic rings. The summed E-state index contributed by atoms with van der Waals surface area (Å²) in [6.45, 7) is 11.3. The normalized spacial score (nSPS) is 12.1. The lowest BCUT2D eigenvalue weighted by atomic mass is 9.76. The highest BCUT2D eigenvalue weighted by Crippen LogP contribution is 2.45. The minimum atomic E-state index is -0.523. The molecule has 5 heteroatoms. The Bertz CT molecular complexity index is 577. The van der Waals surface area contributed by atoms with Gasteiger partial charge in [0, 0.05) is 11.1 Å². The molecule has 0 fully saturated rings. The molecule has 0 radical (unpaired) electrons. The minimum absolute atomic E-state index is 0.0172. The Morgan fingerprint density at radius 3 is 1.86 bits per heavy atom. The molecule has 0 heterocycles. The number of ether oxygens (including phenoxy) is 1. The van der Waals surface area contributed by atoms with Crippen LogP contribution in [0.3, 0.4) is 0 Å². The summed E-state index contributed by atoms with van der Waals surface area (Å²) in [5.41, 5.74) is 0.259. The van der Waals surface area contributed by atoms with E-state index in [1.54, 1.807) is 6.07 Å². The quantitative estimate of drug-likeness (QED) is 0.479. The zero-order valence-electron chi connectivity index (χ0n) is 13.7. The summed E-state index contributed by atoms with van der Waals surface area (Å²) in [4.78, 5) is 22.7. The molecule has 0 aromatic heterocycles. The SMILES string of the molecule is COc1cc(C=O)c(C(C)(C)C)c([N+](=O)[O-])c1C(C)(C)C. The van der Waals surface area contributed by atoms with Crippen molar-refractivity contribution in [2.45, 2.75) is 52.4 Å². The Balaban J connectivity index is 4.05. The van der Waals surface area contributed by atoms with Gasteiger partial charge in [-0.25, -0.2) is 0 Å². The summed E-state index contributed by atoms with van der Waals surface area (Å²) in [6.07, 6.45) is 0.655. The highest BCUT2D eigenvalue weighted by molar-refractivity contribution is 5.83. The van der Waals surface area contributed by atoms with E-state index >= 15 is 0 Å². The predicted molar refractivity (Wildman–Crippen MR) is 82.4 cm³/mol. The second-order valence-electron chi connectivity index (χ2n) is 7.14. The highest BCUT2D eigenvalue weighted by Gasteiger charge is 2.37. The van der Waals surface area contributed by atoms with Crippen molar-refractivity contribution < 1.29 is 14.5 Å². The van der Waals surface area contributed by atoms with Gasteiger partial charge in [-0.1, -0.05) is 41.5 Å². The van der Waals surface area contributed by atoms with Crippen molar-refractivity contribution in [2.24, 2.45) is 0 Å². The van der Waals surface area contributed by atoms with Gasteiger partial charge in [0.1, 0.15) is 5.75 Å². The molecule has 0 saturated carbocycles. The lowest BCUT2D eigenvalue weighted by molar-refractivity contribution is -0.387. The van der Waals surface area contributed by atoms with Crippen molar-refractivity contribution in [1.29, 1.82) is 0 Å². The van der Waals surface area contributed by atoms with Crippen LogP contribution >= 0.6 is 0 Å². The summed E-state index contributed by atoms with van der Waals surface area (Å²) < 4.78 is 5.31. The number of hydrogen-bond donors (Lipinski definition) is 0. The van der Waals surface area contributed by atoms with Crippen molar-refractivity contribution in [2.75, 3.05) is 7.11 Å². The number of aldehydes is 1. The smallest absolute Gasteiger partial charge is 0.281 e. The summed E-state index contributed by atoms with van der Waals surface area (Å²) in [5.74, 6) is 0.379. The number of rotatable bonds is 3. The first-order valence-electron chi connectivity index (χ1n) is 6.80. The van der Waals surface area contributed by atoms with E-state index in [2.05, 4.69) is 0 Å². The summed E-state index contributed by atoms with van der Waals surface area (Å²) >= 11 is 0. The number of nitro groups is 1. The molecule has 5 nitrogen and oxygen atoms in total. The molecule has 1 aromatic carbocycles. The maximum atomic E-state index is 11.7. The molecule has 0 spiro atoms. The van der Waals surface area contributed by atoms with Gasteiger partial charge >= 0.3 is 0 Å². The fourth-order valence-electron chi connectivity index (χ4n) is 2.61. The molecular formula is C16H23NO4. The van der Waals surface area contributed by atoms with Crippen molar-refractivity contribution in [3.63, 3.8) is 0 Å². The average Bonchev–Trinajstić information content (AvgIpc) is 2.33. The molecular weight excluding hydrogens is 270 g/mol. The van der Waals surface area contributed by atoms with Crippen molar-refractivity contribution in [3.8, 4) is 5.75 Å². The molecule has 0 saturated heterocycles. The van der Waals surface area contributed by atoms with Crippen LogP contribution in [0.2, 0.25) is 0 Å². The Hall–Kier alpha value is -1.91. The third-order valence-corrected chi connectivity index (χ3v) is 3.32. The van der Waals surface area contributed by atoms with E-state index in [4.69, 9.17) is 4.74 Å². The topological polar surface area (TPSA) is 69.4 Å². The Morgan fingerprint density at radius 2 is 1.57 bits per heavy atom. The van der Waals surface area contributed by atoms with Crippen molar-refractivity contribution in [3.05, 3.63) is 32.9 Å². The number of nitro benzene ring substituents is 1. The molecule has 1 rings (SSSR count). The highest BCUT2D eigenvalue weighted by atomic mass is 16.6. The van der Waals surface area contributed by atoms with Gasteiger partial charge in [0.25, 0.3) is 5.69 Å². The summed E-state index contributed by atoms with van der Waals surface area (Å²) in [6, 6.07) is 1.60. The lowest BCUT2D eigenvalue weighted by Crippen LogP contribution is -2.23. The predicted octanol–water partition coefficient (Wildman–Crippen LogP) is 4.01. The summed E-state index contributed by atoms with van der Waals surface area (Å²) in [7, 11) is 1.46. The number of hydrogen-bond acceptors (Lipinski definition) is 4. The number of nitrogens with zero attached hydrogens (tertiary/aromatic N) is 1. The Labute approximate surface area is 125 Å². The van der Waals surface area contributed by atoms with Crippen LogP contribution < -0.4 is 4.74 Å². The third-order valence-electron chi connectivity index (χ3n) is 3.32. The monoisotopic (exact) mass is 293 g/mol. The second kappa shape index (κ2) is 5.47. The zero-order valence-corrected chi connectivity index (χ0v) is 13.7. The largest absolute Gasteiger partial charge is 0.496 e. The fourth-order valence-corrected chi connectivity index (χ4v) is 2.61. The van der Waals surface area contributed by atoms with E-state index in [0.29, 0.717) is 28.7 Å². The van der Waals surface area contributed by atoms with E-state index in [1.165, 1.54) is 7.11 Å². The molecule has 0 atom stereocenters. The number of benzene rings is 1. The van der Waals surface area contributed by atoms with Crippen LogP contribution in [0.15, 0.2) is 6.07 Å². The molecule has 0 N–H and O–H groups in total. The number of carbonyl (C=O) groups is 1. The van der Waals surface area contributed by atoms with Crippen LogP contribution in [0.4, 0.5) is 5.69 Å². The maximum Gasteiger partial charge on any atom is 0.281 e. The van der Waals surface area contributed by atoms with Crippen LogP contribution in [-0.4, -0.2) is 18.3 Å². The molecule has 0 aliphatic heterocycles. The van der Waals surface area contributed by atoms with Gasteiger partial charge < -0.3 is 4.74 Å². The van der Waals surface area contributed by atoms with E-state index in [-0.39, 0.29) is 5.69 Å². The van der Waals surface area contributed by atoms with Gasteiger partial charge in [-0.3, -0.25) is 14.9 Å². The van der Waals surface area contributed by atoms with Crippen LogP contribution in [-0.2, 0) is 10.8 Å². The van der Waals surface area contributed by atoms with Gasteiger partial charge in [0.2, 0.25) is 0 Å². The van der Waals surface area contributed by atoms with E-state index in [0.717, 1.165) is 0 Å². The van der Waals surface area contributed by atoms with E-state index < -0.39 is 15.8 Å². The van der Waals surface area contributed by atoms with Crippen LogP contribution in [0.25, 0.3) is 0 Å². The maximum absolute atomic E-state index is 11.7. The minimum Gasteiger partial charge on any atom is -0.496 e. The second-order valence-corrected chi connectivity index (χ2v) is 7.14. The molecule has 21 heavy (non-hydrogen) atoms. The van der Waals surface area contributed by atoms with Gasteiger partial charge in [-0.2, -0.15) is 0 Å². The van der Waals surface area contributed by atoms with Gasteiger partial charge in [0.15, 0.2) is 6.29 Å². The van der Waals surface area contributed by atoms with Gasteiger partial charge in [0.05, 0.1) is 17.6 Å². The van der Waals surface area contributed by atoms with Crippen LogP contribution in [0.1, 0.15) is 63.0 Å². The van der Waals surface area contributed by atoms with Gasteiger partial charge in [-0.05, 0) is 16.9 Å². The third kappa shape index (κ3) is 3.23. The first-order chi connectivity index (χ1) is 9.45. The molecule has 0 unspecified atom stereocenters. The Kier molecular flexibility index (Phi) is 4.46. The molecule has 1 aromatic rings. The van der Waals surface area contributed by atoms with Crippen molar-refractivity contribution in [1.82, 2.24) is 0 Å². The number of methoxy groups -OCH3 is 1. The average molecular weight is 293 g/mol. The zero-order chi connectivity index (χ0) is 16.6. The Morgan fingerprint density at radius 1 is 1.10 bits per heavy atom. The van der Waals surface area contributed by atoms with E-state index in [9.17, 15) is 14.9 Å². The molecule has 0 amide bonds. The molecule has 0 aliphatic carbocycles. The first-order valence-corrected chi connectivity index (χ1v) is 6.80. The van der Waals surface area contributed by atoms with E-state index in [1.807, 2.05) is 41.5 Å². The lowest BCUT2D eigenvalue weighted by Gasteiger charge is -2.28. The van der Waals surface area contributed by atoms with Crippen molar-refractivity contribution >= 4 is 12.0 Å². The summed E-state index contributed by atoms with van der Waals surface area (Å²) in [5, 5.41) is 11.7. The van der Waals surface area contributed by atoms with Crippen LogP contribution in [0.5, 0.6) is 5.75 Å². The first kappa shape index (κ1) is 17.1. The van der Waals surface area contributed by atoms with Gasteiger partial charge in [-0.15, -0.1) is 0 Å². The molecule has 116 valence electrons. The van der Waals surface area contributed by atoms with Crippen LogP contribution in [0, 0.1) is 10.1 Å². The standard InChI is InChI=1S/C16H23NO4/c1-15(2,3)12-10(9-18)8-11(21-7)13(16(4,5)6)14(12)17(19)20/h8-9H,1-7H3. The molecule has 0 bridgehead atoms. The number of carbonyl (C=O) groups excluding carboxylic acids is 1. The fraction of sp³-hybridized carbons (Fsp3) is 0.562.